The molecule has 1 aliphatic heterocycles. The average molecular weight is 295 g/mol. The van der Waals surface area contributed by atoms with Crippen molar-refractivity contribution in [2.24, 2.45) is 0 Å². The lowest BCUT2D eigenvalue weighted by atomic mass is 10.2. The molecule has 1 aromatic carbocycles. The lowest BCUT2D eigenvalue weighted by molar-refractivity contribution is -0.139. The van der Waals surface area contributed by atoms with Crippen LogP contribution in [0.5, 0.6) is 5.75 Å². The molecule has 1 fully saturated rings. The highest BCUT2D eigenvalue weighted by Gasteiger charge is 2.33. The van der Waals surface area contributed by atoms with Crippen LogP contribution in [0.2, 0.25) is 0 Å². The van der Waals surface area contributed by atoms with E-state index in [-0.39, 0.29) is 0 Å². The molecule has 0 spiro atoms. The van der Waals surface area contributed by atoms with Gasteiger partial charge in [-0.15, -0.1) is 0 Å². The minimum absolute atomic E-state index is 0.394. The minimum Gasteiger partial charge on any atom is -0.419 e. The fraction of sp³-hybridized carbons (Fsp3) is 0.417. The smallest absolute Gasteiger partial charge is 0.328 e. The fourth-order valence-electron chi connectivity index (χ4n) is 2.05. The molecule has 0 unspecified atom stereocenters. The largest absolute Gasteiger partial charge is 0.419 e. The average Bonchev–Trinajstić information content (AvgIpc) is 2.85. The van der Waals surface area contributed by atoms with Gasteiger partial charge in [0.1, 0.15) is 6.04 Å². The van der Waals surface area contributed by atoms with E-state index in [1.54, 1.807) is 11.9 Å². The van der Waals surface area contributed by atoms with Crippen LogP contribution in [-0.4, -0.2) is 30.5 Å². The van der Waals surface area contributed by atoms with Gasteiger partial charge in [0, 0.05) is 0 Å². The van der Waals surface area contributed by atoms with E-state index < -0.39 is 46.8 Å². The molecule has 0 N–H and O–H groups in total. The Kier molecular flexibility index (Phi) is 3.94. The predicted molar refractivity (Wildman–Crippen MR) is 57.5 cm³/mol. The summed E-state index contributed by atoms with van der Waals surface area (Å²) in [6, 6.07) is -0.759. The molecule has 8 heteroatoms. The summed E-state index contributed by atoms with van der Waals surface area (Å²) in [6.45, 7) is 0.580. The molecule has 1 aromatic rings. The van der Waals surface area contributed by atoms with Crippen molar-refractivity contribution in [2.45, 2.75) is 18.9 Å². The van der Waals surface area contributed by atoms with Crippen LogP contribution in [0.4, 0.5) is 22.0 Å². The molecule has 110 valence electrons. The number of carbonyl (C=O) groups is 1. The number of halogens is 5. The Bertz CT molecular complexity index is 534. The molecule has 0 aliphatic carbocycles. The van der Waals surface area contributed by atoms with Crippen molar-refractivity contribution in [1.82, 2.24) is 4.90 Å². The Morgan fingerprint density at radius 3 is 2.00 bits per heavy atom. The molecule has 2 rings (SSSR count). The van der Waals surface area contributed by atoms with Gasteiger partial charge in [-0.25, -0.2) is 18.0 Å². The van der Waals surface area contributed by atoms with Gasteiger partial charge in [-0.2, -0.15) is 8.78 Å². The third-order valence-electron chi connectivity index (χ3n) is 3.16. The van der Waals surface area contributed by atoms with E-state index in [1.165, 1.54) is 0 Å². The Balaban J connectivity index is 2.32. The molecule has 1 aliphatic rings. The van der Waals surface area contributed by atoms with Crippen LogP contribution < -0.4 is 4.74 Å². The molecule has 1 heterocycles. The second kappa shape index (κ2) is 5.35. The highest BCUT2D eigenvalue weighted by atomic mass is 19.2. The quantitative estimate of drug-likeness (QED) is 0.276. The SMILES string of the molecule is CN1CCC[C@@H]1C(=O)Oc1c(F)c(F)c(F)c(F)c1F. The van der Waals surface area contributed by atoms with Gasteiger partial charge in [-0.05, 0) is 26.4 Å². The van der Waals surface area contributed by atoms with Crippen molar-refractivity contribution in [3.8, 4) is 5.75 Å². The van der Waals surface area contributed by atoms with Crippen molar-refractivity contribution in [3.05, 3.63) is 29.1 Å². The van der Waals surface area contributed by atoms with E-state index in [2.05, 4.69) is 4.74 Å². The third kappa shape index (κ3) is 2.35. The highest BCUT2D eigenvalue weighted by Crippen LogP contribution is 2.30. The van der Waals surface area contributed by atoms with E-state index >= 15 is 0 Å². The number of esters is 1. The Morgan fingerprint density at radius 2 is 1.55 bits per heavy atom. The number of benzene rings is 1. The maximum absolute atomic E-state index is 13.3. The van der Waals surface area contributed by atoms with E-state index in [0.29, 0.717) is 19.4 Å². The van der Waals surface area contributed by atoms with Crippen molar-refractivity contribution >= 4 is 5.97 Å². The van der Waals surface area contributed by atoms with Crippen LogP contribution in [0.25, 0.3) is 0 Å². The first-order chi connectivity index (χ1) is 9.34. The molecular weight excluding hydrogens is 285 g/mol. The number of hydrogen-bond acceptors (Lipinski definition) is 3. The summed E-state index contributed by atoms with van der Waals surface area (Å²) in [6.07, 6.45) is 1.07. The predicted octanol–water partition coefficient (Wildman–Crippen LogP) is 2.38. The first kappa shape index (κ1) is 14.7. The van der Waals surface area contributed by atoms with Gasteiger partial charge in [-0.3, -0.25) is 4.90 Å². The summed E-state index contributed by atoms with van der Waals surface area (Å²) in [4.78, 5) is 13.3. The lowest BCUT2D eigenvalue weighted by Crippen LogP contribution is -2.36. The van der Waals surface area contributed by atoms with Gasteiger partial charge >= 0.3 is 5.97 Å². The fourth-order valence-corrected chi connectivity index (χ4v) is 2.05. The summed E-state index contributed by atoms with van der Waals surface area (Å²) in [5.41, 5.74) is 0. The Morgan fingerprint density at radius 1 is 1.05 bits per heavy atom. The lowest BCUT2D eigenvalue weighted by Gasteiger charge is -2.18. The number of carbonyl (C=O) groups excluding carboxylic acids is 1. The maximum Gasteiger partial charge on any atom is 0.328 e. The summed E-state index contributed by atoms with van der Waals surface area (Å²) < 4.78 is 69.8. The van der Waals surface area contributed by atoms with Gasteiger partial charge in [-0.1, -0.05) is 0 Å². The molecule has 0 aromatic heterocycles. The molecule has 3 nitrogen and oxygen atoms in total. The van der Waals surface area contributed by atoms with Crippen molar-refractivity contribution in [3.63, 3.8) is 0 Å². The third-order valence-corrected chi connectivity index (χ3v) is 3.16. The molecule has 0 bridgehead atoms. The molecule has 1 saturated heterocycles. The zero-order valence-electron chi connectivity index (χ0n) is 10.4. The topological polar surface area (TPSA) is 29.5 Å². The van der Waals surface area contributed by atoms with E-state index in [9.17, 15) is 26.7 Å². The van der Waals surface area contributed by atoms with Gasteiger partial charge in [0.2, 0.25) is 34.8 Å². The van der Waals surface area contributed by atoms with Gasteiger partial charge in [0.15, 0.2) is 0 Å². The van der Waals surface area contributed by atoms with Gasteiger partial charge in [0.25, 0.3) is 0 Å². The van der Waals surface area contributed by atoms with E-state index in [0.717, 1.165) is 0 Å². The number of likely N-dealkylation sites (tertiary alicyclic amines) is 1. The molecule has 0 saturated carbocycles. The molecule has 20 heavy (non-hydrogen) atoms. The second-order valence-electron chi connectivity index (χ2n) is 4.46. The summed E-state index contributed by atoms with van der Waals surface area (Å²) in [7, 11) is 1.59. The maximum atomic E-state index is 13.3. The summed E-state index contributed by atoms with van der Waals surface area (Å²) in [5.74, 6) is -13.5. The first-order valence-electron chi connectivity index (χ1n) is 5.78. The molecular formula is C12H10F5NO2. The second-order valence-corrected chi connectivity index (χ2v) is 4.46. The van der Waals surface area contributed by atoms with Crippen LogP contribution in [0, 0.1) is 29.1 Å². The van der Waals surface area contributed by atoms with Crippen LogP contribution in [0.15, 0.2) is 0 Å². The van der Waals surface area contributed by atoms with E-state index in [4.69, 9.17) is 0 Å². The molecule has 1 atom stereocenters. The summed E-state index contributed by atoms with van der Waals surface area (Å²) >= 11 is 0. The number of nitrogens with zero attached hydrogens (tertiary/aromatic N) is 1. The molecule has 0 amide bonds. The van der Waals surface area contributed by atoms with Crippen LogP contribution in [0.3, 0.4) is 0 Å². The van der Waals surface area contributed by atoms with Crippen molar-refractivity contribution < 1.29 is 31.5 Å². The normalized spacial score (nSPS) is 19.4. The van der Waals surface area contributed by atoms with Gasteiger partial charge < -0.3 is 4.74 Å². The Labute approximate surface area is 110 Å². The first-order valence-corrected chi connectivity index (χ1v) is 5.78. The number of ether oxygens (including phenoxy) is 1. The zero-order valence-corrected chi connectivity index (χ0v) is 10.4. The standard InChI is InChI=1S/C12H10F5NO2/c1-18-4-2-3-5(18)12(19)20-11-9(16)7(14)6(13)8(15)10(11)17/h5H,2-4H2,1H3/t5-/m1/s1. The van der Waals surface area contributed by atoms with Crippen LogP contribution in [0.1, 0.15) is 12.8 Å². The minimum atomic E-state index is -2.29. The van der Waals surface area contributed by atoms with Crippen molar-refractivity contribution in [1.29, 1.82) is 0 Å². The Hall–Kier alpha value is -1.70. The highest BCUT2D eigenvalue weighted by molar-refractivity contribution is 5.78. The van der Waals surface area contributed by atoms with Gasteiger partial charge in [0.05, 0.1) is 0 Å². The monoisotopic (exact) mass is 295 g/mol. The molecule has 0 radical (unpaired) electrons. The van der Waals surface area contributed by atoms with E-state index in [1.807, 2.05) is 0 Å². The zero-order chi connectivity index (χ0) is 15.0. The van der Waals surface area contributed by atoms with Crippen LogP contribution >= 0.6 is 0 Å². The van der Waals surface area contributed by atoms with Crippen molar-refractivity contribution in [2.75, 3.05) is 13.6 Å². The van der Waals surface area contributed by atoms with Crippen LogP contribution in [-0.2, 0) is 4.79 Å². The number of hydrogen-bond donors (Lipinski definition) is 0. The number of likely N-dealkylation sites (N-methyl/N-ethyl adjacent to an activating group) is 1. The number of rotatable bonds is 2. The summed E-state index contributed by atoms with van der Waals surface area (Å²) in [5, 5.41) is 0.